The van der Waals surface area contributed by atoms with Crippen LogP contribution in [0.25, 0.3) is 0 Å². The summed E-state index contributed by atoms with van der Waals surface area (Å²) >= 11 is 0. The highest BCUT2D eigenvalue weighted by Crippen LogP contribution is 2.37. The Bertz CT molecular complexity index is 962. The lowest BCUT2D eigenvalue weighted by Crippen LogP contribution is -2.47. The average Bonchev–Trinajstić information content (AvgIpc) is 3.23. The molecule has 6 heteroatoms. The van der Waals surface area contributed by atoms with Gasteiger partial charge >= 0.3 is 0 Å². The van der Waals surface area contributed by atoms with Crippen molar-refractivity contribution in [1.29, 1.82) is 0 Å². The molecule has 1 unspecified atom stereocenters. The van der Waals surface area contributed by atoms with Crippen molar-refractivity contribution in [2.75, 3.05) is 5.01 Å². The first kappa shape index (κ1) is 17.5. The smallest absolute Gasteiger partial charge is 0.253 e. The quantitative estimate of drug-likeness (QED) is 0.779. The van der Waals surface area contributed by atoms with Crippen molar-refractivity contribution in [1.82, 2.24) is 15.7 Å². The van der Waals surface area contributed by atoms with Gasteiger partial charge in [0.25, 0.3) is 5.56 Å². The van der Waals surface area contributed by atoms with Crippen LogP contribution in [0.2, 0.25) is 0 Å². The number of nitrogens with one attached hydrogen (secondary N) is 3. The highest BCUT2D eigenvalue weighted by molar-refractivity contribution is 5.87. The molecule has 1 aliphatic carbocycles. The molecule has 0 saturated carbocycles. The van der Waals surface area contributed by atoms with E-state index in [-0.39, 0.29) is 24.1 Å². The van der Waals surface area contributed by atoms with Gasteiger partial charge in [0.15, 0.2) is 0 Å². The van der Waals surface area contributed by atoms with Crippen molar-refractivity contribution in [2.45, 2.75) is 45.7 Å². The van der Waals surface area contributed by atoms with Gasteiger partial charge in [0.05, 0.1) is 5.69 Å². The van der Waals surface area contributed by atoms with E-state index in [1.807, 2.05) is 55.3 Å². The van der Waals surface area contributed by atoms with E-state index in [0.717, 1.165) is 41.8 Å². The predicted octanol–water partition coefficient (Wildman–Crippen LogP) is 2.44. The van der Waals surface area contributed by atoms with Crippen molar-refractivity contribution in [2.24, 2.45) is 0 Å². The van der Waals surface area contributed by atoms with Crippen LogP contribution in [-0.4, -0.2) is 16.9 Å². The highest BCUT2D eigenvalue weighted by atomic mass is 16.2. The van der Waals surface area contributed by atoms with Crippen molar-refractivity contribution >= 4 is 11.6 Å². The molecule has 2 aliphatic rings. The zero-order chi connectivity index (χ0) is 19.0. The number of hydrazine groups is 1. The van der Waals surface area contributed by atoms with Gasteiger partial charge in [-0.3, -0.25) is 14.6 Å². The minimum atomic E-state index is -0.382. The standard InChI is InChI=1S/C21H24N4O2/c1-13-11-14(2)23-20(26)17(13)12-22-21(27)19-16-9-6-10-18(16)25(24-19)15-7-4-3-5-8-15/h3-5,7-8,11,19,24H,6,9-10,12H2,1-2H3,(H,22,27)(H,23,26). The number of anilines is 1. The van der Waals surface area contributed by atoms with Gasteiger partial charge in [-0.1, -0.05) is 18.2 Å². The first-order valence-electron chi connectivity index (χ1n) is 9.35. The number of hydrogen-bond donors (Lipinski definition) is 3. The van der Waals surface area contributed by atoms with Crippen LogP contribution in [0.3, 0.4) is 0 Å². The van der Waals surface area contributed by atoms with Crippen molar-refractivity contribution in [3.05, 3.63) is 74.8 Å². The number of pyridine rings is 1. The number of aromatic nitrogens is 1. The van der Waals surface area contributed by atoms with Gasteiger partial charge in [0, 0.05) is 23.5 Å². The van der Waals surface area contributed by atoms with E-state index in [4.69, 9.17) is 0 Å². The lowest BCUT2D eigenvalue weighted by atomic mass is 10.1. The number of nitrogens with zero attached hydrogens (tertiary/aromatic N) is 1. The summed E-state index contributed by atoms with van der Waals surface area (Å²) < 4.78 is 0. The first-order valence-corrected chi connectivity index (χ1v) is 9.35. The summed E-state index contributed by atoms with van der Waals surface area (Å²) in [5, 5.41) is 4.98. The number of carbonyl (C=O) groups is 1. The van der Waals surface area contributed by atoms with E-state index in [1.165, 1.54) is 5.70 Å². The fourth-order valence-corrected chi connectivity index (χ4v) is 4.01. The van der Waals surface area contributed by atoms with Crippen LogP contribution in [0.5, 0.6) is 0 Å². The lowest BCUT2D eigenvalue weighted by Gasteiger charge is -2.24. The second-order valence-electron chi connectivity index (χ2n) is 7.22. The van der Waals surface area contributed by atoms with Gasteiger partial charge in [-0.15, -0.1) is 0 Å². The topological polar surface area (TPSA) is 77.2 Å². The largest absolute Gasteiger partial charge is 0.350 e. The molecule has 0 bridgehead atoms. The molecule has 0 spiro atoms. The molecule has 1 aromatic heterocycles. The van der Waals surface area contributed by atoms with Crippen LogP contribution in [0, 0.1) is 13.8 Å². The summed E-state index contributed by atoms with van der Waals surface area (Å²) in [5.74, 6) is -0.0952. The van der Waals surface area contributed by atoms with Gasteiger partial charge in [-0.25, -0.2) is 5.43 Å². The van der Waals surface area contributed by atoms with Crippen LogP contribution in [0.15, 0.2) is 52.5 Å². The minimum Gasteiger partial charge on any atom is -0.350 e. The number of aryl methyl sites for hydroxylation is 2. The van der Waals surface area contributed by atoms with Crippen LogP contribution in [0.1, 0.15) is 36.1 Å². The Hall–Kier alpha value is -2.86. The molecule has 2 aromatic rings. The molecule has 0 saturated heterocycles. The summed E-state index contributed by atoms with van der Waals surface area (Å²) in [4.78, 5) is 27.9. The van der Waals surface area contributed by atoms with Gasteiger partial charge < -0.3 is 10.3 Å². The van der Waals surface area contributed by atoms with E-state index in [0.29, 0.717) is 5.56 Å². The number of H-pyrrole nitrogens is 1. The molecule has 1 atom stereocenters. The number of amides is 1. The minimum absolute atomic E-state index is 0.0952. The normalized spacial score (nSPS) is 18.7. The lowest BCUT2D eigenvalue weighted by molar-refractivity contribution is -0.122. The summed E-state index contributed by atoms with van der Waals surface area (Å²) in [7, 11) is 0. The molecule has 0 radical (unpaired) electrons. The van der Waals surface area contributed by atoms with E-state index in [2.05, 4.69) is 15.7 Å². The molecule has 1 amide bonds. The van der Waals surface area contributed by atoms with Crippen LogP contribution < -0.4 is 21.3 Å². The van der Waals surface area contributed by atoms with E-state index in [9.17, 15) is 9.59 Å². The Kier molecular flexibility index (Phi) is 4.58. The second-order valence-corrected chi connectivity index (χ2v) is 7.22. The first-order chi connectivity index (χ1) is 13.0. The number of benzene rings is 1. The number of para-hydroxylation sites is 1. The third kappa shape index (κ3) is 3.28. The predicted molar refractivity (Wildman–Crippen MR) is 105 cm³/mol. The Morgan fingerprint density at radius 1 is 1.22 bits per heavy atom. The van der Waals surface area contributed by atoms with E-state index in [1.54, 1.807) is 0 Å². The summed E-state index contributed by atoms with van der Waals surface area (Å²) in [6, 6.07) is 11.6. The second kappa shape index (κ2) is 7.04. The number of carbonyl (C=O) groups excluding carboxylic acids is 1. The van der Waals surface area contributed by atoms with Gasteiger partial charge in [0.1, 0.15) is 6.04 Å². The SMILES string of the molecule is Cc1cc(C)c(CNC(=O)C2NN(c3ccccc3)C3=C2CCC3)c(=O)[nH]1. The highest BCUT2D eigenvalue weighted by Gasteiger charge is 2.38. The van der Waals surface area contributed by atoms with E-state index >= 15 is 0 Å². The average molecular weight is 364 g/mol. The fraction of sp³-hybridized carbons (Fsp3) is 0.333. The molecule has 1 aromatic carbocycles. The molecular weight excluding hydrogens is 340 g/mol. The monoisotopic (exact) mass is 364 g/mol. The molecule has 0 fully saturated rings. The molecule has 2 heterocycles. The summed E-state index contributed by atoms with van der Waals surface area (Å²) in [6.45, 7) is 3.98. The van der Waals surface area contributed by atoms with Crippen LogP contribution in [-0.2, 0) is 11.3 Å². The maximum atomic E-state index is 12.9. The zero-order valence-electron chi connectivity index (χ0n) is 15.6. The van der Waals surface area contributed by atoms with Crippen molar-refractivity contribution in [3.63, 3.8) is 0 Å². The van der Waals surface area contributed by atoms with Crippen molar-refractivity contribution < 1.29 is 4.79 Å². The summed E-state index contributed by atoms with van der Waals surface area (Å²) in [6.07, 6.45) is 2.96. The number of allylic oxidation sites excluding steroid dienone is 1. The van der Waals surface area contributed by atoms with Crippen LogP contribution in [0.4, 0.5) is 5.69 Å². The third-order valence-corrected chi connectivity index (χ3v) is 5.32. The third-order valence-electron chi connectivity index (χ3n) is 5.32. The Labute approximate surface area is 158 Å². The Balaban J connectivity index is 1.51. The van der Waals surface area contributed by atoms with Gasteiger partial charge in [-0.2, -0.15) is 0 Å². The molecule has 3 N–H and O–H groups in total. The number of hydrogen-bond acceptors (Lipinski definition) is 4. The Morgan fingerprint density at radius 2 is 2.00 bits per heavy atom. The van der Waals surface area contributed by atoms with Gasteiger partial charge in [0.2, 0.25) is 5.91 Å². The molecule has 6 nitrogen and oxygen atoms in total. The molecule has 4 rings (SSSR count). The maximum absolute atomic E-state index is 12.9. The van der Waals surface area contributed by atoms with Crippen LogP contribution >= 0.6 is 0 Å². The number of rotatable bonds is 4. The molecular formula is C21H24N4O2. The van der Waals surface area contributed by atoms with Crippen molar-refractivity contribution in [3.8, 4) is 0 Å². The fourth-order valence-electron chi connectivity index (χ4n) is 4.01. The maximum Gasteiger partial charge on any atom is 0.253 e. The van der Waals surface area contributed by atoms with E-state index < -0.39 is 0 Å². The molecule has 140 valence electrons. The number of aromatic amines is 1. The van der Waals surface area contributed by atoms with Gasteiger partial charge in [-0.05, 0) is 62.4 Å². The summed E-state index contributed by atoms with van der Waals surface area (Å²) in [5.41, 5.74) is 8.92. The Morgan fingerprint density at radius 3 is 2.74 bits per heavy atom. The molecule has 1 aliphatic heterocycles. The molecule has 27 heavy (non-hydrogen) atoms. The zero-order valence-corrected chi connectivity index (χ0v) is 15.6.